The molecular weight excluding hydrogens is 246 g/mol. The number of carbonyl (C=O) groups is 1. The molecule has 0 unspecified atom stereocenters. The van der Waals surface area contributed by atoms with Crippen LogP contribution in [0.5, 0.6) is 0 Å². The average molecular weight is 261 g/mol. The Labute approximate surface area is 109 Å². The molecule has 3 rings (SSSR count). The predicted molar refractivity (Wildman–Crippen MR) is 69.7 cm³/mol. The van der Waals surface area contributed by atoms with Crippen molar-refractivity contribution in [1.82, 2.24) is 15.6 Å². The smallest absolute Gasteiger partial charge is 0.408 e. The second-order valence-electron chi connectivity index (χ2n) is 4.78. The highest BCUT2D eigenvalue weighted by molar-refractivity contribution is 5.78. The lowest BCUT2D eigenvalue weighted by Gasteiger charge is -2.05. The predicted octanol–water partition coefficient (Wildman–Crippen LogP) is 0.489. The number of aromatic nitrogens is 1. The van der Waals surface area contributed by atoms with E-state index in [2.05, 4.69) is 15.6 Å². The van der Waals surface area contributed by atoms with E-state index < -0.39 is 5.76 Å². The zero-order chi connectivity index (χ0) is 13.2. The molecule has 0 atom stereocenters. The number of amides is 1. The number of nitrogens with one attached hydrogen (secondary N) is 3. The van der Waals surface area contributed by atoms with Crippen molar-refractivity contribution in [3.05, 3.63) is 34.3 Å². The first-order chi connectivity index (χ1) is 9.20. The lowest BCUT2D eigenvalue weighted by Crippen LogP contribution is -2.34. The van der Waals surface area contributed by atoms with Crippen LogP contribution in [-0.4, -0.2) is 23.5 Å². The van der Waals surface area contributed by atoms with Gasteiger partial charge < -0.3 is 15.1 Å². The number of fused-ring (bicyclic) bond motifs is 1. The van der Waals surface area contributed by atoms with E-state index in [4.69, 9.17) is 4.42 Å². The average Bonchev–Trinajstić information content (AvgIpc) is 3.14. The Morgan fingerprint density at radius 1 is 1.42 bits per heavy atom. The second kappa shape index (κ2) is 4.89. The van der Waals surface area contributed by atoms with Crippen molar-refractivity contribution in [2.24, 2.45) is 0 Å². The van der Waals surface area contributed by atoms with Gasteiger partial charge in [-0.05, 0) is 30.5 Å². The van der Waals surface area contributed by atoms with Gasteiger partial charge in [0.1, 0.15) is 0 Å². The topological polar surface area (TPSA) is 87.1 Å². The standard InChI is InChI=1S/C13H15N3O3/c17-12(7-14-9-2-3-9)15-6-8-1-4-10-11(5-8)19-13(18)16-10/h1,4-5,9,14H,2-3,6-7H2,(H,15,17)(H,16,18). The number of H-pyrrole nitrogens is 1. The number of aromatic amines is 1. The van der Waals surface area contributed by atoms with Crippen LogP contribution in [0.15, 0.2) is 27.4 Å². The molecule has 100 valence electrons. The monoisotopic (exact) mass is 261 g/mol. The van der Waals surface area contributed by atoms with Gasteiger partial charge in [0, 0.05) is 12.6 Å². The minimum absolute atomic E-state index is 0.0254. The van der Waals surface area contributed by atoms with Gasteiger partial charge in [-0.2, -0.15) is 0 Å². The molecule has 0 aliphatic heterocycles. The van der Waals surface area contributed by atoms with Crippen molar-refractivity contribution in [3.63, 3.8) is 0 Å². The number of carbonyl (C=O) groups excluding carboxylic acids is 1. The number of oxazole rings is 1. The van der Waals surface area contributed by atoms with Crippen LogP contribution in [0.1, 0.15) is 18.4 Å². The second-order valence-corrected chi connectivity index (χ2v) is 4.78. The molecule has 1 aliphatic carbocycles. The normalized spacial score (nSPS) is 14.7. The summed E-state index contributed by atoms with van der Waals surface area (Å²) >= 11 is 0. The fraction of sp³-hybridized carbons (Fsp3) is 0.385. The maximum atomic E-state index is 11.6. The zero-order valence-electron chi connectivity index (χ0n) is 10.4. The third kappa shape index (κ3) is 3.03. The third-order valence-corrected chi connectivity index (χ3v) is 3.10. The molecule has 1 aromatic carbocycles. The van der Waals surface area contributed by atoms with E-state index in [1.54, 1.807) is 12.1 Å². The first-order valence-corrected chi connectivity index (χ1v) is 6.32. The van der Waals surface area contributed by atoms with Gasteiger partial charge in [-0.3, -0.25) is 9.78 Å². The minimum atomic E-state index is -0.468. The molecule has 1 aromatic heterocycles. The van der Waals surface area contributed by atoms with Crippen molar-refractivity contribution in [2.45, 2.75) is 25.4 Å². The van der Waals surface area contributed by atoms with Gasteiger partial charge in [0.2, 0.25) is 5.91 Å². The fourth-order valence-corrected chi connectivity index (χ4v) is 1.89. The van der Waals surface area contributed by atoms with Gasteiger partial charge in [0.15, 0.2) is 5.58 Å². The molecule has 1 aliphatic rings. The Hall–Kier alpha value is -2.08. The quantitative estimate of drug-likeness (QED) is 0.731. The van der Waals surface area contributed by atoms with E-state index in [-0.39, 0.29) is 5.91 Å². The van der Waals surface area contributed by atoms with Crippen molar-refractivity contribution < 1.29 is 9.21 Å². The van der Waals surface area contributed by atoms with Crippen LogP contribution in [0.4, 0.5) is 0 Å². The molecule has 0 radical (unpaired) electrons. The first kappa shape index (κ1) is 12.0. The summed E-state index contributed by atoms with van der Waals surface area (Å²) in [7, 11) is 0. The van der Waals surface area contributed by atoms with Gasteiger partial charge in [0.25, 0.3) is 0 Å². The largest absolute Gasteiger partial charge is 0.417 e. The molecule has 19 heavy (non-hydrogen) atoms. The Morgan fingerprint density at radius 3 is 3.05 bits per heavy atom. The molecule has 1 amide bonds. The maximum absolute atomic E-state index is 11.6. The van der Waals surface area contributed by atoms with Gasteiger partial charge in [-0.1, -0.05) is 6.07 Å². The number of rotatable bonds is 5. The lowest BCUT2D eigenvalue weighted by molar-refractivity contribution is -0.120. The first-order valence-electron chi connectivity index (χ1n) is 6.32. The highest BCUT2D eigenvalue weighted by atomic mass is 16.4. The number of hydrogen-bond acceptors (Lipinski definition) is 4. The Balaban J connectivity index is 1.57. The molecular formula is C13H15N3O3. The third-order valence-electron chi connectivity index (χ3n) is 3.10. The van der Waals surface area contributed by atoms with Crippen LogP contribution in [0.25, 0.3) is 11.1 Å². The van der Waals surface area contributed by atoms with Crippen LogP contribution < -0.4 is 16.4 Å². The Morgan fingerprint density at radius 2 is 2.26 bits per heavy atom. The molecule has 6 nitrogen and oxygen atoms in total. The number of hydrogen-bond donors (Lipinski definition) is 3. The summed E-state index contributed by atoms with van der Waals surface area (Å²) in [5, 5.41) is 5.97. The molecule has 0 saturated heterocycles. The molecule has 1 heterocycles. The zero-order valence-corrected chi connectivity index (χ0v) is 10.4. The highest BCUT2D eigenvalue weighted by Crippen LogP contribution is 2.18. The van der Waals surface area contributed by atoms with Crippen molar-refractivity contribution in [3.8, 4) is 0 Å². The fourth-order valence-electron chi connectivity index (χ4n) is 1.89. The summed E-state index contributed by atoms with van der Waals surface area (Å²) in [6.07, 6.45) is 2.33. The van der Waals surface area contributed by atoms with Crippen molar-refractivity contribution >= 4 is 17.0 Å². The summed E-state index contributed by atoms with van der Waals surface area (Å²) in [4.78, 5) is 25.2. The van der Waals surface area contributed by atoms with Crippen LogP contribution in [0.2, 0.25) is 0 Å². The van der Waals surface area contributed by atoms with Gasteiger partial charge >= 0.3 is 5.76 Å². The molecule has 1 saturated carbocycles. The van der Waals surface area contributed by atoms with Gasteiger partial charge in [-0.15, -0.1) is 0 Å². The number of benzene rings is 1. The summed E-state index contributed by atoms with van der Waals surface area (Å²) in [5.41, 5.74) is 2.07. The van der Waals surface area contributed by atoms with Crippen LogP contribution in [0.3, 0.4) is 0 Å². The maximum Gasteiger partial charge on any atom is 0.417 e. The van der Waals surface area contributed by atoms with Gasteiger partial charge in [0.05, 0.1) is 12.1 Å². The van der Waals surface area contributed by atoms with Crippen LogP contribution >= 0.6 is 0 Å². The summed E-state index contributed by atoms with van der Waals surface area (Å²) in [6, 6.07) is 5.89. The Bertz CT molecular complexity index is 654. The van der Waals surface area contributed by atoms with Crippen molar-refractivity contribution in [1.29, 1.82) is 0 Å². The van der Waals surface area contributed by atoms with Crippen LogP contribution in [0, 0.1) is 0 Å². The summed E-state index contributed by atoms with van der Waals surface area (Å²) in [5.74, 6) is -0.493. The van der Waals surface area contributed by atoms with Crippen molar-refractivity contribution in [2.75, 3.05) is 6.54 Å². The molecule has 3 N–H and O–H groups in total. The van der Waals surface area contributed by atoms with Crippen LogP contribution in [-0.2, 0) is 11.3 Å². The molecule has 2 aromatic rings. The molecule has 1 fully saturated rings. The minimum Gasteiger partial charge on any atom is -0.408 e. The Kier molecular flexibility index (Phi) is 3.08. The van der Waals surface area contributed by atoms with E-state index in [1.165, 1.54) is 0 Å². The van der Waals surface area contributed by atoms with E-state index in [0.717, 1.165) is 18.4 Å². The van der Waals surface area contributed by atoms with E-state index in [9.17, 15) is 9.59 Å². The molecule has 0 bridgehead atoms. The lowest BCUT2D eigenvalue weighted by atomic mass is 10.2. The highest BCUT2D eigenvalue weighted by Gasteiger charge is 2.20. The van der Waals surface area contributed by atoms with Gasteiger partial charge in [-0.25, -0.2) is 4.79 Å². The van der Waals surface area contributed by atoms with E-state index >= 15 is 0 Å². The summed E-state index contributed by atoms with van der Waals surface area (Å²) in [6.45, 7) is 0.780. The summed E-state index contributed by atoms with van der Waals surface area (Å²) < 4.78 is 4.97. The molecule has 6 heteroatoms. The van der Waals surface area contributed by atoms with E-state index in [0.29, 0.717) is 30.2 Å². The SMILES string of the molecule is O=C(CNC1CC1)NCc1ccc2[nH]c(=O)oc2c1. The molecule has 0 spiro atoms. The van der Waals surface area contributed by atoms with E-state index in [1.807, 2.05) is 6.07 Å².